The third-order valence-corrected chi connectivity index (χ3v) is 4.94. The second-order valence-electron chi connectivity index (χ2n) is 6.65. The molecule has 1 aromatic heterocycles. The van der Waals surface area contributed by atoms with Crippen LogP contribution in [-0.4, -0.2) is 27.0 Å². The number of aromatic nitrogens is 2. The summed E-state index contributed by atoms with van der Waals surface area (Å²) >= 11 is 0. The van der Waals surface area contributed by atoms with Crippen LogP contribution in [-0.2, 0) is 13.1 Å². The number of aliphatic hydroxyl groups excluding tert-OH is 1. The summed E-state index contributed by atoms with van der Waals surface area (Å²) < 4.78 is 1.91. The van der Waals surface area contributed by atoms with Crippen LogP contribution >= 0.6 is 0 Å². The Bertz CT molecular complexity index is 445. The van der Waals surface area contributed by atoms with Gasteiger partial charge in [0.1, 0.15) is 0 Å². The molecule has 0 radical (unpaired) electrons. The van der Waals surface area contributed by atoms with Crippen molar-refractivity contribution in [1.82, 2.24) is 15.1 Å². The van der Waals surface area contributed by atoms with E-state index in [9.17, 15) is 0 Å². The van der Waals surface area contributed by atoms with E-state index in [1.807, 2.05) is 4.68 Å². The van der Waals surface area contributed by atoms with Gasteiger partial charge in [-0.3, -0.25) is 4.68 Å². The fraction of sp³-hybridized carbons (Fsp3) is 0.812. The monoisotopic (exact) mass is 279 g/mol. The molecule has 4 nitrogen and oxygen atoms in total. The Balaban J connectivity index is 2.03. The van der Waals surface area contributed by atoms with Gasteiger partial charge in [-0.1, -0.05) is 12.8 Å². The Kier molecular flexibility index (Phi) is 4.86. The zero-order chi connectivity index (χ0) is 14.8. The highest BCUT2D eigenvalue weighted by Gasteiger charge is 2.31. The van der Waals surface area contributed by atoms with Gasteiger partial charge in [-0.25, -0.2) is 0 Å². The summed E-state index contributed by atoms with van der Waals surface area (Å²) in [5.41, 5.74) is 3.72. The molecule has 1 saturated carbocycles. The predicted molar refractivity (Wildman–Crippen MR) is 81.7 cm³/mol. The first-order valence-corrected chi connectivity index (χ1v) is 7.84. The van der Waals surface area contributed by atoms with E-state index in [1.54, 1.807) is 0 Å². The molecule has 1 aliphatic rings. The summed E-state index contributed by atoms with van der Waals surface area (Å²) in [6.45, 7) is 10.4. The summed E-state index contributed by atoms with van der Waals surface area (Å²) in [5, 5.41) is 17.3. The van der Waals surface area contributed by atoms with Crippen molar-refractivity contribution in [2.75, 3.05) is 6.61 Å². The predicted octanol–water partition coefficient (Wildman–Crippen LogP) is 2.55. The number of rotatable bonds is 6. The third-order valence-electron chi connectivity index (χ3n) is 4.94. The van der Waals surface area contributed by atoms with Crippen LogP contribution in [0.15, 0.2) is 0 Å². The zero-order valence-electron chi connectivity index (χ0n) is 13.4. The van der Waals surface area contributed by atoms with Gasteiger partial charge in [0.25, 0.3) is 0 Å². The van der Waals surface area contributed by atoms with Crippen molar-refractivity contribution in [3.8, 4) is 0 Å². The molecule has 1 fully saturated rings. The highest BCUT2D eigenvalue weighted by atomic mass is 16.3. The van der Waals surface area contributed by atoms with Gasteiger partial charge in [0, 0.05) is 23.3 Å². The maximum Gasteiger partial charge on any atom is 0.0644 e. The van der Waals surface area contributed by atoms with Gasteiger partial charge in [-0.15, -0.1) is 0 Å². The smallest absolute Gasteiger partial charge is 0.0644 e. The Morgan fingerprint density at radius 2 is 1.95 bits per heavy atom. The zero-order valence-corrected chi connectivity index (χ0v) is 13.4. The van der Waals surface area contributed by atoms with Crippen LogP contribution in [0.1, 0.15) is 56.5 Å². The number of hydrogen-bond donors (Lipinski definition) is 2. The Labute approximate surface area is 122 Å². The standard InChI is InChI=1S/C16H29N3O/c1-12-15(13(2)19(18-12)9-10-20)11-17-16(3,4)14-7-5-6-8-14/h14,17,20H,5-11H2,1-4H3. The molecule has 0 amide bonds. The van der Waals surface area contributed by atoms with Crippen molar-refractivity contribution in [2.24, 2.45) is 5.92 Å². The van der Waals surface area contributed by atoms with Crippen LogP contribution in [0, 0.1) is 19.8 Å². The van der Waals surface area contributed by atoms with Crippen molar-refractivity contribution < 1.29 is 5.11 Å². The molecule has 0 bridgehead atoms. The molecule has 0 spiro atoms. The molecule has 20 heavy (non-hydrogen) atoms. The van der Waals surface area contributed by atoms with E-state index in [2.05, 4.69) is 38.1 Å². The average molecular weight is 279 g/mol. The van der Waals surface area contributed by atoms with E-state index in [1.165, 1.54) is 36.9 Å². The maximum absolute atomic E-state index is 9.07. The molecular weight excluding hydrogens is 250 g/mol. The number of aliphatic hydroxyl groups is 1. The van der Waals surface area contributed by atoms with Gasteiger partial charge >= 0.3 is 0 Å². The summed E-state index contributed by atoms with van der Waals surface area (Å²) in [4.78, 5) is 0. The SMILES string of the molecule is Cc1nn(CCO)c(C)c1CNC(C)(C)C1CCCC1. The van der Waals surface area contributed by atoms with Gasteiger partial charge in [0.05, 0.1) is 18.8 Å². The minimum atomic E-state index is 0.141. The van der Waals surface area contributed by atoms with Gasteiger partial charge < -0.3 is 10.4 Å². The molecule has 0 aromatic carbocycles. The fourth-order valence-corrected chi connectivity index (χ4v) is 3.41. The molecule has 2 N–H and O–H groups in total. The lowest BCUT2D eigenvalue weighted by atomic mass is 9.86. The molecule has 0 aliphatic heterocycles. The van der Waals surface area contributed by atoms with E-state index < -0.39 is 0 Å². The lowest BCUT2D eigenvalue weighted by Gasteiger charge is -2.33. The van der Waals surface area contributed by atoms with Crippen LogP contribution in [0.2, 0.25) is 0 Å². The molecule has 2 rings (SSSR count). The van der Waals surface area contributed by atoms with Crippen LogP contribution < -0.4 is 5.32 Å². The molecule has 0 atom stereocenters. The van der Waals surface area contributed by atoms with E-state index in [0.717, 1.165) is 18.2 Å². The first kappa shape index (κ1) is 15.5. The topological polar surface area (TPSA) is 50.1 Å². The minimum absolute atomic E-state index is 0.141. The summed E-state index contributed by atoms with van der Waals surface area (Å²) in [5.74, 6) is 0.788. The first-order valence-electron chi connectivity index (χ1n) is 7.84. The van der Waals surface area contributed by atoms with Gasteiger partial charge in [0.2, 0.25) is 0 Å². The van der Waals surface area contributed by atoms with Crippen LogP contribution in [0.4, 0.5) is 0 Å². The lowest BCUT2D eigenvalue weighted by molar-refractivity contribution is 0.253. The molecule has 1 heterocycles. The molecule has 0 unspecified atom stereocenters. The number of nitrogens with zero attached hydrogens (tertiary/aromatic N) is 2. The maximum atomic E-state index is 9.07. The quantitative estimate of drug-likeness (QED) is 0.841. The molecule has 0 saturated heterocycles. The van der Waals surface area contributed by atoms with Crippen molar-refractivity contribution in [3.05, 3.63) is 17.0 Å². The Morgan fingerprint density at radius 3 is 2.55 bits per heavy atom. The second-order valence-corrected chi connectivity index (χ2v) is 6.65. The largest absolute Gasteiger partial charge is 0.394 e. The van der Waals surface area contributed by atoms with Crippen molar-refractivity contribution in [1.29, 1.82) is 0 Å². The highest BCUT2D eigenvalue weighted by molar-refractivity contribution is 5.24. The van der Waals surface area contributed by atoms with E-state index >= 15 is 0 Å². The van der Waals surface area contributed by atoms with Crippen LogP contribution in [0.25, 0.3) is 0 Å². The van der Waals surface area contributed by atoms with Gasteiger partial charge in [-0.05, 0) is 46.5 Å². The first-order chi connectivity index (χ1) is 9.45. The van der Waals surface area contributed by atoms with E-state index in [0.29, 0.717) is 6.54 Å². The second kappa shape index (κ2) is 6.27. The average Bonchev–Trinajstić information content (AvgIpc) is 2.99. The van der Waals surface area contributed by atoms with Gasteiger partial charge in [-0.2, -0.15) is 5.10 Å². The normalized spacial score (nSPS) is 17.1. The van der Waals surface area contributed by atoms with Crippen molar-refractivity contribution >= 4 is 0 Å². The summed E-state index contributed by atoms with van der Waals surface area (Å²) in [6, 6.07) is 0. The number of nitrogens with one attached hydrogen (secondary N) is 1. The molecule has 1 aromatic rings. The highest BCUT2D eigenvalue weighted by Crippen LogP contribution is 2.34. The number of hydrogen-bond acceptors (Lipinski definition) is 3. The van der Waals surface area contributed by atoms with Crippen LogP contribution in [0.3, 0.4) is 0 Å². The van der Waals surface area contributed by atoms with Gasteiger partial charge in [0.15, 0.2) is 0 Å². The molecule has 4 heteroatoms. The minimum Gasteiger partial charge on any atom is -0.394 e. The lowest BCUT2D eigenvalue weighted by Crippen LogP contribution is -2.44. The molecule has 1 aliphatic carbocycles. The number of aryl methyl sites for hydroxylation is 1. The van der Waals surface area contributed by atoms with E-state index in [4.69, 9.17) is 5.11 Å². The Hall–Kier alpha value is -0.870. The molecular formula is C16H29N3O. The summed E-state index contributed by atoms with van der Waals surface area (Å²) in [6.07, 6.45) is 5.45. The Morgan fingerprint density at radius 1 is 1.30 bits per heavy atom. The van der Waals surface area contributed by atoms with Crippen molar-refractivity contribution in [2.45, 2.75) is 72.0 Å². The molecule has 114 valence electrons. The fourth-order valence-electron chi connectivity index (χ4n) is 3.41. The third kappa shape index (κ3) is 3.23. The summed E-state index contributed by atoms with van der Waals surface area (Å²) in [7, 11) is 0. The van der Waals surface area contributed by atoms with Crippen LogP contribution in [0.5, 0.6) is 0 Å². The van der Waals surface area contributed by atoms with E-state index in [-0.39, 0.29) is 12.1 Å². The van der Waals surface area contributed by atoms with Crippen molar-refractivity contribution in [3.63, 3.8) is 0 Å².